The van der Waals surface area contributed by atoms with E-state index in [1.165, 1.54) is 55.2 Å². The molecule has 2 aromatic carbocycles. The van der Waals surface area contributed by atoms with Crippen molar-refractivity contribution in [1.29, 1.82) is 0 Å². The number of hydrogen-bond donors (Lipinski definition) is 0. The van der Waals surface area contributed by atoms with Crippen LogP contribution in [0.15, 0.2) is 61.2 Å². The monoisotopic (exact) mass is 504 g/mol. The van der Waals surface area contributed by atoms with Crippen LogP contribution >= 0.6 is 0 Å². The molecule has 2 aliphatic carbocycles. The van der Waals surface area contributed by atoms with Crippen LogP contribution in [0.4, 0.5) is 0 Å². The molecule has 2 aromatic rings. The second kappa shape index (κ2) is 14.7. The Bertz CT molecular complexity index is 944. The van der Waals surface area contributed by atoms with Crippen molar-refractivity contribution in [2.75, 3.05) is 20.3 Å². The van der Waals surface area contributed by atoms with Crippen LogP contribution < -0.4 is 4.74 Å². The largest absolute Gasteiger partial charge is 0.490 e. The Labute approximate surface area is 225 Å². The first-order valence-corrected chi connectivity index (χ1v) is 14.7. The summed E-state index contributed by atoms with van der Waals surface area (Å²) in [5.41, 5.74) is 4.34. The third-order valence-electron chi connectivity index (χ3n) is 8.54. The fourth-order valence-electron chi connectivity index (χ4n) is 6.61. The van der Waals surface area contributed by atoms with Crippen LogP contribution in [0.3, 0.4) is 0 Å². The van der Waals surface area contributed by atoms with Crippen LogP contribution in [-0.2, 0) is 9.47 Å². The van der Waals surface area contributed by atoms with Gasteiger partial charge < -0.3 is 14.2 Å². The highest BCUT2D eigenvalue weighted by Gasteiger charge is 2.27. The fraction of sp³-hybridized carbons (Fsp3) is 0.588. The van der Waals surface area contributed by atoms with Crippen molar-refractivity contribution < 1.29 is 14.2 Å². The molecule has 0 aromatic heterocycles. The van der Waals surface area contributed by atoms with Crippen molar-refractivity contribution in [3.8, 4) is 5.75 Å². The van der Waals surface area contributed by atoms with Gasteiger partial charge in [-0.2, -0.15) is 0 Å². The van der Waals surface area contributed by atoms with Crippen LogP contribution in [0.2, 0.25) is 0 Å². The van der Waals surface area contributed by atoms with Gasteiger partial charge in [0, 0.05) is 7.11 Å². The molecule has 202 valence electrons. The predicted molar refractivity (Wildman–Crippen MR) is 154 cm³/mol. The van der Waals surface area contributed by atoms with Crippen molar-refractivity contribution in [2.24, 2.45) is 5.92 Å². The first-order valence-electron chi connectivity index (χ1n) is 14.7. The van der Waals surface area contributed by atoms with E-state index in [0.29, 0.717) is 30.5 Å². The lowest BCUT2D eigenvalue weighted by atomic mass is 9.80. The molecule has 0 saturated heterocycles. The van der Waals surface area contributed by atoms with Gasteiger partial charge in [0.15, 0.2) is 0 Å². The molecule has 2 fully saturated rings. The van der Waals surface area contributed by atoms with E-state index in [9.17, 15) is 0 Å². The van der Waals surface area contributed by atoms with Gasteiger partial charge in [-0.05, 0) is 99.7 Å². The topological polar surface area (TPSA) is 27.7 Å². The quantitative estimate of drug-likeness (QED) is 0.252. The van der Waals surface area contributed by atoms with Gasteiger partial charge in [0.1, 0.15) is 5.75 Å². The summed E-state index contributed by atoms with van der Waals surface area (Å²) >= 11 is 0. The molecule has 37 heavy (non-hydrogen) atoms. The van der Waals surface area contributed by atoms with E-state index in [-0.39, 0.29) is 6.10 Å². The standard InChI is InChI=1S/C34H48O3/c1-4-21-36-25-27-23-31(35-3)17-10-18-32(24-27)37-34-20-6-5-19-33(34)29-14-8-12-28(13-9-15-29)30-16-7-11-26(2)22-30/h4-7,11,16,19-20,22,27-29,31-32H,1,8-10,12-15,17-18,21,23-25H2,2-3H3. The van der Waals surface area contributed by atoms with Crippen LogP contribution in [-0.4, -0.2) is 32.5 Å². The minimum Gasteiger partial charge on any atom is -0.490 e. The van der Waals surface area contributed by atoms with Gasteiger partial charge in [-0.3, -0.25) is 0 Å². The van der Waals surface area contributed by atoms with Crippen LogP contribution in [0.25, 0.3) is 0 Å². The third-order valence-corrected chi connectivity index (χ3v) is 8.54. The molecule has 0 radical (unpaired) electrons. The number of rotatable bonds is 9. The summed E-state index contributed by atoms with van der Waals surface area (Å²) in [5, 5.41) is 0. The number of para-hydroxylation sites is 1. The van der Waals surface area contributed by atoms with E-state index in [0.717, 1.165) is 44.5 Å². The van der Waals surface area contributed by atoms with E-state index >= 15 is 0 Å². The lowest BCUT2D eigenvalue weighted by Gasteiger charge is -2.32. The summed E-state index contributed by atoms with van der Waals surface area (Å²) in [5.74, 6) is 2.86. The zero-order chi connectivity index (χ0) is 25.9. The third kappa shape index (κ3) is 8.45. The Kier molecular flexibility index (Phi) is 11.1. The molecule has 3 heteroatoms. The maximum Gasteiger partial charge on any atom is 0.123 e. The number of hydrogen-bond acceptors (Lipinski definition) is 3. The Morgan fingerprint density at radius 3 is 2.30 bits per heavy atom. The van der Waals surface area contributed by atoms with Crippen LogP contribution in [0.5, 0.6) is 5.75 Å². The smallest absolute Gasteiger partial charge is 0.123 e. The predicted octanol–water partition coefficient (Wildman–Crippen LogP) is 8.76. The van der Waals surface area contributed by atoms with Crippen molar-refractivity contribution in [3.05, 3.63) is 77.9 Å². The number of aryl methyl sites for hydroxylation is 1. The van der Waals surface area contributed by atoms with Gasteiger partial charge in [0.25, 0.3) is 0 Å². The van der Waals surface area contributed by atoms with Gasteiger partial charge >= 0.3 is 0 Å². The minimum atomic E-state index is 0.232. The summed E-state index contributed by atoms with van der Waals surface area (Å²) in [6.07, 6.45) is 15.4. The first-order chi connectivity index (χ1) is 18.2. The van der Waals surface area contributed by atoms with Crippen molar-refractivity contribution in [2.45, 2.75) is 102 Å². The Morgan fingerprint density at radius 2 is 1.54 bits per heavy atom. The van der Waals surface area contributed by atoms with Gasteiger partial charge in [-0.15, -0.1) is 6.58 Å². The molecule has 3 atom stereocenters. The van der Waals surface area contributed by atoms with E-state index in [1.54, 1.807) is 0 Å². The van der Waals surface area contributed by atoms with Crippen LogP contribution in [0.1, 0.15) is 99.2 Å². The van der Waals surface area contributed by atoms with E-state index in [2.05, 4.69) is 62.0 Å². The molecule has 2 saturated carbocycles. The average molecular weight is 505 g/mol. The molecule has 3 nitrogen and oxygen atoms in total. The Hall–Kier alpha value is -2.10. The summed E-state index contributed by atoms with van der Waals surface area (Å²) < 4.78 is 18.5. The van der Waals surface area contributed by atoms with E-state index in [1.807, 2.05) is 13.2 Å². The maximum absolute atomic E-state index is 6.84. The molecule has 4 rings (SSSR count). The first kappa shape index (κ1) is 27.9. The summed E-state index contributed by atoms with van der Waals surface area (Å²) in [6.45, 7) is 7.36. The molecule has 3 unspecified atom stereocenters. The molecule has 0 N–H and O–H groups in total. The summed E-state index contributed by atoms with van der Waals surface area (Å²) in [4.78, 5) is 0. The Balaban J connectivity index is 1.40. The lowest BCUT2D eigenvalue weighted by Crippen LogP contribution is -2.30. The SMILES string of the molecule is C=CCOCC1CC(OC)CCCC(Oc2ccccc2C2CCCC(c3cccc(C)c3)CCC2)C1. The lowest BCUT2D eigenvalue weighted by molar-refractivity contribution is 0.0163. The zero-order valence-corrected chi connectivity index (χ0v) is 23.2. The minimum absolute atomic E-state index is 0.232. The fourth-order valence-corrected chi connectivity index (χ4v) is 6.61. The number of methoxy groups -OCH3 is 1. The van der Waals surface area contributed by atoms with Crippen molar-refractivity contribution >= 4 is 0 Å². The molecule has 0 spiro atoms. The molecule has 0 amide bonds. The summed E-state index contributed by atoms with van der Waals surface area (Å²) in [7, 11) is 1.84. The van der Waals surface area contributed by atoms with E-state index in [4.69, 9.17) is 14.2 Å². The van der Waals surface area contributed by atoms with Crippen LogP contribution in [0, 0.1) is 12.8 Å². The molecular weight excluding hydrogens is 456 g/mol. The average Bonchev–Trinajstić information content (AvgIpc) is 2.87. The molecule has 0 aliphatic heterocycles. The summed E-state index contributed by atoms with van der Waals surface area (Å²) in [6, 6.07) is 18.0. The second-order valence-electron chi connectivity index (χ2n) is 11.4. The van der Waals surface area contributed by atoms with Gasteiger partial charge in [-0.1, -0.05) is 66.9 Å². The maximum atomic E-state index is 6.84. The van der Waals surface area contributed by atoms with Gasteiger partial charge in [0.05, 0.1) is 25.4 Å². The van der Waals surface area contributed by atoms with Crippen molar-refractivity contribution in [3.63, 3.8) is 0 Å². The zero-order valence-electron chi connectivity index (χ0n) is 23.2. The van der Waals surface area contributed by atoms with Gasteiger partial charge in [0.2, 0.25) is 0 Å². The molecule has 0 bridgehead atoms. The number of benzene rings is 2. The van der Waals surface area contributed by atoms with Crippen molar-refractivity contribution in [1.82, 2.24) is 0 Å². The molecule has 0 heterocycles. The highest BCUT2D eigenvalue weighted by Crippen LogP contribution is 2.40. The number of ether oxygens (including phenoxy) is 3. The van der Waals surface area contributed by atoms with E-state index < -0.39 is 0 Å². The Morgan fingerprint density at radius 1 is 0.838 bits per heavy atom. The molecule has 2 aliphatic rings. The highest BCUT2D eigenvalue weighted by molar-refractivity contribution is 5.36. The second-order valence-corrected chi connectivity index (χ2v) is 11.4. The highest BCUT2D eigenvalue weighted by atomic mass is 16.5. The molecular formula is C34H48O3. The van der Waals surface area contributed by atoms with Gasteiger partial charge in [-0.25, -0.2) is 0 Å². The normalized spacial score (nSPS) is 27.4.